The van der Waals surface area contributed by atoms with Crippen molar-refractivity contribution in [1.82, 2.24) is 21.5 Å². The van der Waals surface area contributed by atoms with Crippen molar-refractivity contribution in [2.45, 2.75) is 6.92 Å². The minimum Gasteiger partial charge on any atom is -0.364 e. The lowest BCUT2D eigenvalue weighted by molar-refractivity contribution is 0.972. The minimum absolute atomic E-state index is 0.423. The van der Waals surface area contributed by atoms with Gasteiger partial charge >= 0.3 is 0 Å². The van der Waals surface area contributed by atoms with Crippen molar-refractivity contribution in [3.05, 3.63) is 35.4 Å². The van der Waals surface area contributed by atoms with Crippen LogP contribution in [0.5, 0.6) is 0 Å². The topological polar surface area (TPSA) is 72.8 Å². The van der Waals surface area contributed by atoms with Crippen molar-refractivity contribution >= 4 is 46.6 Å². The fourth-order valence-electron chi connectivity index (χ4n) is 1.27. The van der Waals surface area contributed by atoms with Gasteiger partial charge in [-0.25, -0.2) is 0 Å². The van der Waals surface area contributed by atoms with Crippen LogP contribution in [0.4, 0.5) is 0 Å². The normalized spacial score (nSPS) is 11.1. The van der Waals surface area contributed by atoms with E-state index in [0.29, 0.717) is 15.9 Å². The zero-order valence-corrected chi connectivity index (χ0v) is 13.7. The summed E-state index contributed by atoms with van der Waals surface area (Å²) < 4.78 is 0. The molecule has 1 aromatic carbocycles. The van der Waals surface area contributed by atoms with Gasteiger partial charge in [-0.05, 0) is 31.4 Å². The summed E-state index contributed by atoms with van der Waals surface area (Å²) in [5, 5.41) is 14.7. The number of thiocarbonyl (C=S) groups is 2. The van der Waals surface area contributed by atoms with Gasteiger partial charge in [-0.2, -0.15) is 10.2 Å². The summed E-state index contributed by atoms with van der Waals surface area (Å²) in [6.07, 6.45) is 1.57. The molecule has 8 heteroatoms. The van der Waals surface area contributed by atoms with Crippen molar-refractivity contribution in [2.24, 2.45) is 10.2 Å². The average Bonchev–Trinajstić information content (AvgIpc) is 2.50. The Morgan fingerprint density at radius 2 is 1.57 bits per heavy atom. The number of hydrogen-bond donors (Lipinski definition) is 4. The van der Waals surface area contributed by atoms with Crippen LogP contribution in [-0.4, -0.2) is 36.2 Å². The SMILES string of the molecule is CNC(=S)N/N=C\C(=N/NC(=S)NC)c1ccc(C)cc1. The first-order valence-corrected chi connectivity index (χ1v) is 7.01. The molecular weight excluding hydrogens is 304 g/mol. The molecule has 0 heterocycles. The molecule has 0 spiro atoms. The van der Waals surface area contributed by atoms with Gasteiger partial charge in [0.1, 0.15) is 5.71 Å². The molecule has 0 aliphatic carbocycles. The fraction of sp³-hybridized carbons (Fsp3) is 0.231. The maximum absolute atomic E-state index is 5.00. The number of aryl methyl sites for hydroxylation is 1. The molecule has 1 aromatic rings. The number of nitrogens with one attached hydrogen (secondary N) is 4. The van der Waals surface area contributed by atoms with Crippen molar-refractivity contribution < 1.29 is 0 Å². The third-order valence-electron chi connectivity index (χ3n) is 2.43. The Hall–Kier alpha value is -2.06. The van der Waals surface area contributed by atoms with Crippen LogP contribution >= 0.6 is 24.4 Å². The molecule has 0 aliphatic rings. The molecule has 0 bridgehead atoms. The maximum atomic E-state index is 5.00. The van der Waals surface area contributed by atoms with E-state index < -0.39 is 0 Å². The second-order valence-corrected chi connectivity index (χ2v) is 4.82. The predicted molar refractivity (Wildman–Crippen MR) is 95.8 cm³/mol. The molecule has 0 amide bonds. The van der Waals surface area contributed by atoms with Crippen molar-refractivity contribution in [1.29, 1.82) is 0 Å². The van der Waals surface area contributed by atoms with Crippen LogP contribution in [-0.2, 0) is 0 Å². The second-order valence-electron chi connectivity index (χ2n) is 4.00. The molecule has 0 atom stereocenters. The summed E-state index contributed by atoms with van der Waals surface area (Å²) in [6.45, 7) is 2.02. The summed E-state index contributed by atoms with van der Waals surface area (Å²) in [5.74, 6) is 0. The molecule has 112 valence electrons. The summed E-state index contributed by atoms with van der Waals surface area (Å²) in [4.78, 5) is 0. The van der Waals surface area contributed by atoms with E-state index in [0.717, 1.165) is 5.56 Å². The first-order valence-electron chi connectivity index (χ1n) is 6.20. The molecule has 4 N–H and O–H groups in total. The number of benzene rings is 1. The average molecular weight is 322 g/mol. The van der Waals surface area contributed by atoms with Gasteiger partial charge in [0.05, 0.1) is 6.21 Å². The lowest BCUT2D eigenvalue weighted by atomic mass is 10.1. The molecule has 0 radical (unpaired) electrons. The molecule has 0 aliphatic heterocycles. The largest absolute Gasteiger partial charge is 0.364 e. The predicted octanol–water partition coefficient (Wildman–Crippen LogP) is 0.873. The highest BCUT2D eigenvalue weighted by Crippen LogP contribution is 2.03. The van der Waals surface area contributed by atoms with Gasteiger partial charge < -0.3 is 10.6 Å². The molecule has 0 saturated carbocycles. The number of hydrazone groups is 2. The van der Waals surface area contributed by atoms with Crippen molar-refractivity contribution in [3.63, 3.8) is 0 Å². The van der Waals surface area contributed by atoms with E-state index in [9.17, 15) is 0 Å². The van der Waals surface area contributed by atoms with E-state index in [1.165, 1.54) is 5.56 Å². The highest BCUT2D eigenvalue weighted by atomic mass is 32.1. The lowest BCUT2D eigenvalue weighted by Crippen LogP contribution is -2.30. The molecule has 1 rings (SSSR count). The van der Waals surface area contributed by atoms with Gasteiger partial charge in [0.2, 0.25) is 0 Å². The monoisotopic (exact) mass is 322 g/mol. The first kappa shape index (κ1) is 17.0. The zero-order chi connectivity index (χ0) is 15.7. The maximum Gasteiger partial charge on any atom is 0.186 e. The Bertz CT molecular complexity index is 550. The van der Waals surface area contributed by atoms with Crippen LogP contribution in [0.1, 0.15) is 11.1 Å². The van der Waals surface area contributed by atoms with Gasteiger partial charge in [0, 0.05) is 19.7 Å². The molecule has 6 nitrogen and oxygen atoms in total. The van der Waals surface area contributed by atoms with Crippen LogP contribution in [0, 0.1) is 6.92 Å². The molecule has 0 saturated heterocycles. The van der Waals surface area contributed by atoms with Gasteiger partial charge in [-0.1, -0.05) is 29.8 Å². The van der Waals surface area contributed by atoms with E-state index >= 15 is 0 Å². The Balaban J connectivity index is 2.91. The number of hydrogen-bond acceptors (Lipinski definition) is 4. The molecule has 21 heavy (non-hydrogen) atoms. The molecule has 0 aromatic heterocycles. The Morgan fingerprint density at radius 3 is 2.14 bits per heavy atom. The molecular formula is C13H18N6S2. The van der Waals surface area contributed by atoms with E-state index in [1.54, 1.807) is 20.3 Å². The summed E-state index contributed by atoms with van der Waals surface area (Å²) in [6, 6.07) is 7.92. The van der Waals surface area contributed by atoms with Crippen LogP contribution in [0.15, 0.2) is 34.5 Å². The molecule has 0 fully saturated rings. The third-order valence-corrected chi connectivity index (χ3v) is 3.02. The summed E-state index contributed by atoms with van der Waals surface area (Å²) in [7, 11) is 3.43. The highest BCUT2D eigenvalue weighted by Gasteiger charge is 2.01. The Kier molecular flexibility index (Phi) is 7.27. The van der Waals surface area contributed by atoms with Gasteiger partial charge in [-0.3, -0.25) is 10.9 Å². The van der Waals surface area contributed by atoms with E-state index in [-0.39, 0.29) is 0 Å². The minimum atomic E-state index is 0.423. The Labute approximate surface area is 135 Å². The van der Waals surface area contributed by atoms with Crippen LogP contribution in [0.2, 0.25) is 0 Å². The Morgan fingerprint density at radius 1 is 1.00 bits per heavy atom. The highest BCUT2D eigenvalue weighted by molar-refractivity contribution is 7.80. The standard InChI is InChI=1S/C13H18N6S2/c1-9-4-6-10(7-5-9)11(17-19-13(21)15-3)8-16-18-12(20)14-2/h4-8H,1-3H3,(H2,14,18,20)(H2,15,19,21)/b16-8-,17-11+. The van der Waals surface area contributed by atoms with Crippen LogP contribution < -0.4 is 21.5 Å². The van der Waals surface area contributed by atoms with Gasteiger partial charge in [0.15, 0.2) is 10.2 Å². The van der Waals surface area contributed by atoms with Crippen LogP contribution in [0.3, 0.4) is 0 Å². The summed E-state index contributed by atoms with van der Waals surface area (Å²) >= 11 is 9.94. The smallest absolute Gasteiger partial charge is 0.186 e. The fourth-order valence-corrected chi connectivity index (χ4v) is 1.37. The number of nitrogens with zero attached hydrogens (tertiary/aromatic N) is 2. The van der Waals surface area contributed by atoms with Crippen molar-refractivity contribution in [3.8, 4) is 0 Å². The van der Waals surface area contributed by atoms with E-state index in [2.05, 4.69) is 31.7 Å². The van der Waals surface area contributed by atoms with Gasteiger partial charge in [-0.15, -0.1) is 0 Å². The molecule has 0 unspecified atom stereocenters. The first-order chi connectivity index (χ1) is 10.1. The van der Waals surface area contributed by atoms with E-state index in [4.69, 9.17) is 24.4 Å². The summed E-state index contributed by atoms with van der Waals surface area (Å²) in [5.41, 5.74) is 8.12. The second kappa shape index (κ2) is 8.98. The zero-order valence-electron chi connectivity index (χ0n) is 12.1. The lowest BCUT2D eigenvalue weighted by Gasteiger charge is -2.05. The van der Waals surface area contributed by atoms with Crippen molar-refractivity contribution in [2.75, 3.05) is 14.1 Å². The quantitative estimate of drug-likeness (QED) is 0.375. The van der Waals surface area contributed by atoms with Crippen LogP contribution in [0.25, 0.3) is 0 Å². The number of rotatable bonds is 4. The third kappa shape index (κ3) is 6.28. The van der Waals surface area contributed by atoms with Gasteiger partial charge in [0.25, 0.3) is 0 Å². The van der Waals surface area contributed by atoms with E-state index in [1.807, 2.05) is 31.2 Å².